The van der Waals surface area contributed by atoms with Crippen molar-refractivity contribution in [3.05, 3.63) is 60.1 Å². The van der Waals surface area contributed by atoms with E-state index in [0.29, 0.717) is 17.4 Å². The minimum atomic E-state index is -4.38. The van der Waals surface area contributed by atoms with Crippen molar-refractivity contribution in [2.75, 3.05) is 0 Å². The van der Waals surface area contributed by atoms with Gasteiger partial charge in [-0.25, -0.2) is 9.98 Å². The van der Waals surface area contributed by atoms with Crippen molar-refractivity contribution >= 4 is 11.5 Å². The fraction of sp³-hybridized carbons (Fsp3) is 0.478. The number of hydrogen-bond acceptors (Lipinski definition) is 3. The Balaban J connectivity index is 1.87. The molecule has 0 amide bonds. The van der Waals surface area contributed by atoms with Gasteiger partial charge in [-0.2, -0.15) is 13.2 Å². The van der Waals surface area contributed by atoms with Crippen LogP contribution in [0.4, 0.5) is 19.0 Å². The minimum absolute atomic E-state index is 0.143. The Bertz CT molecular complexity index is 813. The van der Waals surface area contributed by atoms with Gasteiger partial charge >= 0.3 is 6.18 Å². The minimum Gasteiger partial charge on any atom is -0.340 e. The Morgan fingerprint density at radius 3 is 2.59 bits per heavy atom. The summed E-state index contributed by atoms with van der Waals surface area (Å²) in [5, 5.41) is 0. The molecular weight excluding hydrogens is 375 g/mol. The van der Waals surface area contributed by atoms with Gasteiger partial charge in [0.1, 0.15) is 0 Å². The largest absolute Gasteiger partial charge is 0.416 e. The smallest absolute Gasteiger partial charge is 0.340 e. The highest BCUT2D eigenvalue weighted by molar-refractivity contribution is 5.89. The van der Waals surface area contributed by atoms with E-state index in [-0.39, 0.29) is 6.04 Å². The van der Waals surface area contributed by atoms with Crippen LogP contribution in [0.25, 0.3) is 0 Å². The number of aromatic nitrogens is 1. The number of pyridine rings is 1. The van der Waals surface area contributed by atoms with E-state index >= 15 is 0 Å². The van der Waals surface area contributed by atoms with Gasteiger partial charge in [0, 0.05) is 23.8 Å². The van der Waals surface area contributed by atoms with Gasteiger partial charge in [0.05, 0.1) is 11.6 Å². The lowest BCUT2D eigenvalue weighted by atomic mass is 9.83. The third-order valence-corrected chi connectivity index (χ3v) is 5.68. The van der Waals surface area contributed by atoms with E-state index in [0.717, 1.165) is 42.7 Å². The van der Waals surface area contributed by atoms with Crippen molar-refractivity contribution < 1.29 is 13.2 Å². The van der Waals surface area contributed by atoms with Crippen molar-refractivity contribution in [3.8, 4) is 0 Å². The molecule has 6 heteroatoms. The van der Waals surface area contributed by atoms with E-state index in [1.54, 1.807) is 6.20 Å². The molecule has 2 heterocycles. The highest BCUT2D eigenvalue weighted by atomic mass is 19.4. The second-order valence-electron chi connectivity index (χ2n) is 8.01. The summed E-state index contributed by atoms with van der Waals surface area (Å²) in [4.78, 5) is 10.9. The molecule has 0 saturated heterocycles. The Morgan fingerprint density at radius 1 is 1.28 bits per heavy atom. The van der Waals surface area contributed by atoms with Gasteiger partial charge in [0.25, 0.3) is 0 Å². The van der Waals surface area contributed by atoms with E-state index in [9.17, 15) is 13.2 Å². The summed E-state index contributed by atoms with van der Waals surface area (Å²) >= 11 is 0. The zero-order valence-corrected chi connectivity index (χ0v) is 17.0. The molecule has 1 aliphatic heterocycles. The molecule has 0 bridgehead atoms. The topological polar surface area (TPSA) is 28.5 Å². The Hall–Kier alpha value is -2.37. The van der Waals surface area contributed by atoms with Gasteiger partial charge in [0.2, 0.25) is 0 Å². The monoisotopic (exact) mass is 403 g/mol. The number of nitrogens with zero attached hydrogens (tertiary/aromatic N) is 3. The summed E-state index contributed by atoms with van der Waals surface area (Å²) in [7, 11) is 0. The SMILES string of the molecule is C=C1C=C(C(F)(F)F)C=CN1C(CC1CCCCC1)C(C)=Nc1ccc(C)cn1. The van der Waals surface area contributed by atoms with Gasteiger partial charge in [-0.1, -0.05) is 44.7 Å². The second-order valence-corrected chi connectivity index (χ2v) is 8.01. The van der Waals surface area contributed by atoms with E-state index in [1.165, 1.54) is 25.5 Å². The molecule has 156 valence electrons. The number of alkyl halides is 3. The molecule has 29 heavy (non-hydrogen) atoms. The summed E-state index contributed by atoms with van der Waals surface area (Å²) < 4.78 is 39.2. The first-order valence-electron chi connectivity index (χ1n) is 10.2. The second kappa shape index (κ2) is 8.97. The standard InChI is InChI=1S/C23H28F3N3/c1-16-9-10-22(27-15-16)28-18(3)21(14-19-7-5-4-6-8-19)29-12-11-20(13-17(29)2)23(24,25)26/h9-13,15,19,21H,2,4-8,14H2,1,3H3. The normalized spacial score (nSPS) is 20.0. The Labute approximate surface area is 170 Å². The van der Waals surface area contributed by atoms with Crippen LogP contribution in [0, 0.1) is 12.8 Å². The predicted molar refractivity (Wildman–Crippen MR) is 111 cm³/mol. The molecule has 1 aliphatic carbocycles. The number of allylic oxidation sites excluding steroid dienone is 3. The van der Waals surface area contributed by atoms with Gasteiger partial charge in [-0.15, -0.1) is 0 Å². The Morgan fingerprint density at radius 2 is 2.00 bits per heavy atom. The third-order valence-electron chi connectivity index (χ3n) is 5.68. The first kappa shape index (κ1) is 21.3. The van der Waals surface area contributed by atoms with Crippen LogP contribution in [-0.2, 0) is 0 Å². The van der Waals surface area contributed by atoms with Crippen LogP contribution in [0.2, 0.25) is 0 Å². The molecule has 1 aromatic heterocycles. The van der Waals surface area contributed by atoms with Crippen molar-refractivity contribution in [2.45, 2.75) is 64.6 Å². The lowest BCUT2D eigenvalue weighted by Crippen LogP contribution is -2.38. The Kier molecular flexibility index (Phi) is 6.60. The average Bonchev–Trinajstić information content (AvgIpc) is 2.68. The summed E-state index contributed by atoms with van der Waals surface area (Å²) in [6, 6.07) is 3.67. The zero-order chi connectivity index (χ0) is 21.0. The van der Waals surface area contributed by atoms with Crippen molar-refractivity contribution in [1.82, 2.24) is 9.88 Å². The number of halogens is 3. The highest BCUT2D eigenvalue weighted by Crippen LogP contribution is 2.35. The van der Waals surface area contributed by atoms with Gasteiger partial charge in [-0.05, 0) is 50.0 Å². The third kappa shape index (κ3) is 5.58. The molecule has 1 unspecified atom stereocenters. The van der Waals surface area contributed by atoms with Crippen molar-refractivity contribution in [2.24, 2.45) is 10.9 Å². The van der Waals surface area contributed by atoms with Crippen LogP contribution >= 0.6 is 0 Å². The maximum atomic E-state index is 13.1. The summed E-state index contributed by atoms with van der Waals surface area (Å²) in [5.74, 6) is 1.15. The molecule has 3 nitrogen and oxygen atoms in total. The number of aryl methyl sites for hydroxylation is 1. The highest BCUT2D eigenvalue weighted by Gasteiger charge is 2.35. The number of rotatable bonds is 5. The molecule has 3 rings (SSSR count). The van der Waals surface area contributed by atoms with E-state index < -0.39 is 11.7 Å². The predicted octanol–water partition coefficient (Wildman–Crippen LogP) is 6.65. The quantitative estimate of drug-likeness (QED) is 0.515. The molecule has 1 saturated carbocycles. The van der Waals surface area contributed by atoms with Crippen molar-refractivity contribution in [1.29, 1.82) is 0 Å². The summed E-state index contributed by atoms with van der Waals surface area (Å²) in [5.41, 5.74) is 1.55. The van der Waals surface area contributed by atoms with Gasteiger partial charge in [0.15, 0.2) is 5.82 Å². The number of aliphatic imine (C=N–C) groups is 1. The zero-order valence-electron chi connectivity index (χ0n) is 17.0. The fourth-order valence-electron chi connectivity index (χ4n) is 4.04. The fourth-order valence-corrected chi connectivity index (χ4v) is 4.04. The lowest BCUT2D eigenvalue weighted by Gasteiger charge is -2.36. The van der Waals surface area contributed by atoms with E-state index in [4.69, 9.17) is 0 Å². The van der Waals surface area contributed by atoms with Crippen LogP contribution < -0.4 is 0 Å². The summed E-state index contributed by atoms with van der Waals surface area (Å²) in [6.45, 7) is 7.80. The average molecular weight is 403 g/mol. The molecular formula is C23H28F3N3. The van der Waals surface area contributed by atoms with Crippen LogP contribution in [-0.4, -0.2) is 27.8 Å². The maximum Gasteiger partial charge on any atom is 0.416 e. The molecule has 0 N–H and O–H groups in total. The van der Waals surface area contributed by atoms with Crippen LogP contribution in [0.1, 0.15) is 51.0 Å². The first-order valence-corrected chi connectivity index (χ1v) is 10.2. The lowest BCUT2D eigenvalue weighted by molar-refractivity contribution is -0.0886. The molecule has 0 aromatic carbocycles. The van der Waals surface area contributed by atoms with E-state index in [2.05, 4.69) is 16.6 Å². The number of hydrogen-bond donors (Lipinski definition) is 0. The van der Waals surface area contributed by atoms with Gasteiger partial charge in [-0.3, -0.25) is 0 Å². The van der Waals surface area contributed by atoms with Crippen LogP contribution in [0.3, 0.4) is 0 Å². The van der Waals surface area contributed by atoms with Crippen LogP contribution in [0.5, 0.6) is 0 Å². The van der Waals surface area contributed by atoms with E-state index in [1.807, 2.05) is 30.9 Å². The van der Waals surface area contributed by atoms with Crippen molar-refractivity contribution in [3.63, 3.8) is 0 Å². The molecule has 2 aliphatic rings. The molecule has 1 aromatic rings. The van der Waals surface area contributed by atoms with Gasteiger partial charge < -0.3 is 4.90 Å². The summed E-state index contributed by atoms with van der Waals surface area (Å²) in [6.07, 6.45) is 7.96. The molecule has 1 fully saturated rings. The first-order chi connectivity index (χ1) is 13.7. The maximum absolute atomic E-state index is 13.1. The molecule has 0 radical (unpaired) electrons. The molecule has 1 atom stereocenters. The molecule has 0 spiro atoms. The van der Waals surface area contributed by atoms with Crippen LogP contribution in [0.15, 0.2) is 59.5 Å².